The van der Waals surface area contributed by atoms with Crippen molar-refractivity contribution in [2.24, 2.45) is 5.92 Å². The molecule has 0 amide bonds. The molecule has 0 aliphatic carbocycles. The zero-order valence-corrected chi connectivity index (χ0v) is 8.32. The SMILES string of the molecule is C=C(CC)CC(CCO)C(=O)C(=O)O. The Morgan fingerprint density at radius 3 is 2.36 bits per heavy atom. The number of hydrogen-bond acceptors (Lipinski definition) is 3. The normalized spacial score (nSPS) is 12.1. The number of hydrogen-bond donors (Lipinski definition) is 2. The van der Waals surface area contributed by atoms with E-state index in [0.29, 0.717) is 6.42 Å². The van der Waals surface area contributed by atoms with Crippen LogP contribution < -0.4 is 0 Å². The molecular formula is C10H16O4. The standard InChI is InChI=1S/C10H16O4/c1-3-7(2)6-8(4-5-11)9(12)10(13)14/h8,11H,2-6H2,1H3,(H,13,14). The maximum Gasteiger partial charge on any atom is 0.372 e. The van der Waals surface area contributed by atoms with Gasteiger partial charge < -0.3 is 10.2 Å². The van der Waals surface area contributed by atoms with Crippen LogP contribution in [0.3, 0.4) is 0 Å². The van der Waals surface area contributed by atoms with Gasteiger partial charge in [0.1, 0.15) is 0 Å². The summed E-state index contributed by atoms with van der Waals surface area (Å²) in [7, 11) is 0. The largest absolute Gasteiger partial charge is 0.475 e. The van der Waals surface area contributed by atoms with E-state index in [0.717, 1.165) is 12.0 Å². The fraction of sp³-hybridized carbons (Fsp3) is 0.600. The highest BCUT2D eigenvalue weighted by molar-refractivity contribution is 6.33. The first-order chi connectivity index (χ1) is 6.52. The summed E-state index contributed by atoms with van der Waals surface area (Å²) in [5.74, 6) is -2.91. The monoisotopic (exact) mass is 200 g/mol. The molecule has 0 aromatic rings. The van der Waals surface area contributed by atoms with Gasteiger partial charge in [-0.05, 0) is 19.3 Å². The first kappa shape index (κ1) is 12.8. The summed E-state index contributed by atoms with van der Waals surface area (Å²) in [6, 6.07) is 0. The second kappa shape index (κ2) is 6.32. The number of carbonyl (C=O) groups excluding carboxylic acids is 1. The highest BCUT2D eigenvalue weighted by atomic mass is 16.4. The van der Waals surface area contributed by atoms with Crippen LogP contribution >= 0.6 is 0 Å². The van der Waals surface area contributed by atoms with Crippen LogP contribution in [0, 0.1) is 5.92 Å². The van der Waals surface area contributed by atoms with Crippen LogP contribution in [0.1, 0.15) is 26.2 Å². The van der Waals surface area contributed by atoms with Crippen molar-refractivity contribution in [1.29, 1.82) is 0 Å². The molecule has 0 spiro atoms. The van der Waals surface area contributed by atoms with Crippen molar-refractivity contribution in [1.82, 2.24) is 0 Å². The second-order valence-corrected chi connectivity index (χ2v) is 3.19. The number of carbonyl (C=O) groups is 2. The van der Waals surface area contributed by atoms with Crippen molar-refractivity contribution in [3.8, 4) is 0 Å². The summed E-state index contributed by atoms with van der Waals surface area (Å²) >= 11 is 0. The van der Waals surface area contributed by atoms with Crippen LogP contribution in [-0.4, -0.2) is 28.6 Å². The smallest absolute Gasteiger partial charge is 0.372 e. The number of Topliss-reactive ketones (excluding diaryl/α,β-unsaturated/α-hetero) is 1. The molecule has 0 heterocycles. The molecule has 0 aromatic heterocycles. The molecular weight excluding hydrogens is 184 g/mol. The molecule has 0 radical (unpaired) electrons. The number of carboxylic acids is 1. The van der Waals surface area contributed by atoms with Gasteiger partial charge >= 0.3 is 5.97 Å². The third-order valence-corrected chi connectivity index (χ3v) is 2.09. The Balaban J connectivity index is 4.35. The lowest BCUT2D eigenvalue weighted by molar-refractivity contribution is -0.151. The van der Waals surface area contributed by atoms with E-state index in [1.54, 1.807) is 0 Å². The predicted molar refractivity (Wildman–Crippen MR) is 51.9 cm³/mol. The molecule has 2 N–H and O–H groups in total. The molecule has 0 aliphatic rings. The van der Waals surface area contributed by atoms with E-state index >= 15 is 0 Å². The fourth-order valence-corrected chi connectivity index (χ4v) is 1.15. The molecule has 0 rings (SSSR count). The topological polar surface area (TPSA) is 74.6 Å². The van der Waals surface area contributed by atoms with Crippen molar-refractivity contribution in [3.05, 3.63) is 12.2 Å². The van der Waals surface area contributed by atoms with Gasteiger partial charge in [-0.25, -0.2) is 4.79 Å². The van der Waals surface area contributed by atoms with Gasteiger partial charge in [-0.15, -0.1) is 0 Å². The summed E-state index contributed by atoms with van der Waals surface area (Å²) in [5, 5.41) is 17.2. The summed E-state index contributed by atoms with van der Waals surface area (Å²) in [6.45, 7) is 5.42. The zero-order chi connectivity index (χ0) is 11.1. The first-order valence-corrected chi connectivity index (χ1v) is 4.57. The van der Waals surface area contributed by atoms with Crippen molar-refractivity contribution in [3.63, 3.8) is 0 Å². The minimum absolute atomic E-state index is 0.180. The average Bonchev–Trinajstić information content (AvgIpc) is 2.15. The number of allylic oxidation sites excluding steroid dienone is 1. The molecule has 0 saturated carbocycles. The summed E-state index contributed by atoms with van der Waals surface area (Å²) in [5.41, 5.74) is 0.832. The van der Waals surface area contributed by atoms with Gasteiger partial charge in [0.2, 0.25) is 5.78 Å². The Bertz CT molecular complexity index is 232. The Morgan fingerprint density at radius 1 is 1.43 bits per heavy atom. The van der Waals surface area contributed by atoms with Crippen LogP contribution in [-0.2, 0) is 9.59 Å². The lowest BCUT2D eigenvalue weighted by atomic mass is 9.92. The van der Waals surface area contributed by atoms with Crippen molar-refractivity contribution < 1.29 is 19.8 Å². The van der Waals surface area contributed by atoms with Gasteiger partial charge in [-0.1, -0.05) is 19.1 Å². The van der Waals surface area contributed by atoms with E-state index in [1.165, 1.54) is 0 Å². The number of aliphatic hydroxyl groups excluding tert-OH is 1. The van der Waals surface area contributed by atoms with E-state index in [-0.39, 0.29) is 13.0 Å². The fourth-order valence-electron chi connectivity index (χ4n) is 1.15. The van der Waals surface area contributed by atoms with E-state index in [2.05, 4.69) is 6.58 Å². The summed E-state index contributed by atoms with van der Waals surface area (Å²) in [4.78, 5) is 21.6. The van der Waals surface area contributed by atoms with Gasteiger partial charge in [0, 0.05) is 12.5 Å². The Hall–Kier alpha value is -1.16. The van der Waals surface area contributed by atoms with Crippen molar-refractivity contribution in [2.75, 3.05) is 6.61 Å². The predicted octanol–water partition coefficient (Wildman–Crippen LogP) is 0.995. The molecule has 4 heteroatoms. The van der Waals surface area contributed by atoms with Crippen LogP contribution in [0.2, 0.25) is 0 Å². The number of ketones is 1. The highest BCUT2D eigenvalue weighted by Gasteiger charge is 2.24. The maximum atomic E-state index is 11.1. The molecule has 0 bridgehead atoms. The molecule has 14 heavy (non-hydrogen) atoms. The number of aliphatic hydroxyl groups is 1. The maximum absolute atomic E-state index is 11.1. The molecule has 4 nitrogen and oxygen atoms in total. The van der Waals surface area contributed by atoms with E-state index in [1.807, 2.05) is 6.92 Å². The number of carboxylic acid groups (broad SMARTS) is 1. The minimum Gasteiger partial charge on any atom is -0.475 e. The Labute approximate surface area is 83.2 Å². The Morgan fingerprint density at radius 2 is 2.00 bits per heavy atom. The van der Waals surface area contributed by atoms with Crippen LogP contribution in [0.15, 0.2) is 12.2 Å². The first-order valence-electron chi connectivity index (χ1n) is 4.57. The third-order valence-electron chi connectivity index (χ3n) is 2.09. The van der Waals surface area contributed by atoms with Crippen LogP contribution in [0.4, 0.5) is 0 Å². The molecule has 1 atom stereocenters. The van der Waals surface area contributed by atoms with Gasteiger partial charge in [0.25, 0.3) is 0 Å². The van der Waals surface area contributed by atoms with E-state index < -0.39 is 17.7 Å². The van der Waals surface area contributed by atoms with Crippen LogP contribution in [0.5, 0.6) is 0 Å². The van der Waals surface area contributed by atoms with Gasteiger partial charge in [-0.2, -0.15) is 0 Å². The van der Waals surface area contributed by atoms with Gasteiger partial charge in [0.05, 0.1) is 0 Å². The lowest BCUT2D eigenvalue weighted by Crippen LogP contribution is -2.24. The molecule has 0 aromatic carbocycles. The molecule has 0 aliphatic heterocycles. The van der Waals surface area contributed by atoms with Crippen LogP contribution in [0.25, 0.3) is 0 Å². The molecule has 80 valence electrons. The van der Waals surface area contributed by atoms with Crippen molar-refractivity contribution >= 4 is 11.8 Å². The zero-order valence-electron chi connectivity index (χ0n) is 8.32. The van der Waals surface area contributed by atoms with E-state index in [9.17, 15) is 9.59 Å². The highest BCUT2D eigenvalue weighted by Crippen LogP contribution is 2.17. The number of rotatable bonds is 7. The summed E-state index contributed by atoms with van der Waals surface area (Å²) < 4.78 is 0. The third kappa shape index (κ3) is 4.18. The van der Waals surface area contributed by atoms with Gasteiger partial charge in [-0.3, -0.25) is 4.79 Å². The quantitative estimate of drug-likeness (QED) is 0.475. The lowest BCUT2D eigenvalue weighted by Gasteiger charge is -2.12. The van der Waals surface area contributed by atoms with Crippen molar-refractivity contribution in [2.45, 2.75) is 26.2 Å². The second-order valence-electron chi connectivity index (χ2n) is 3.19. The molecule has 0 saturated heterocycles. The van der Waals surface area contributed by atoms with E-state index in [4.69, 9.17) is 10.2 Å². The minimum atomic E-state index is -1.44. The molecule has 0 fully saturated rings. The Kier molecular flexibility index (Phi) is 5.79. The number of aliphatic carboxylic acids is 1. The average molecular weight is 200 g/mol. The molecule has 1 unspecified atom stereocenters. The summed E-state index contributed by atoms with van der Waals surface area (Å²) in [6.07, 6.45) is 1.25. The van der Waals surface area contributed by atoms with Gasteiger partial charge in [0.15, 0.2) is 0 Å².